The van der Waals surface area contributed by atoms with Crippen molar-refractivity contribution in [3.8, 4) is 0 Å². The summed E-state index contributed by atoms with van der Waals surface area (Å²) in [5.74, 6) is 0.407. The molecule has 2 aromatic rings. The Bertz CT molecular complexity index is 630. The molecule has 0 radical (unpaired) electrons. The molecule has 24 heavy (non-hydrogen) atoms. The van der Waals surface area contributed by atoms with E-state index in [0.29, 0.717) is 37.8 Å². The van der Waals surface area contributed by atoms with Gasteiger partial charge in [-0.25, -0.2) is 14.4 Å². The zero-order valence-corrected chi connectivity index (χ0v) is 13.4. The normalized spacial score (nSPS) is 16.2. The molecule has 6 nitrogen and oxygen atoms in total. The smallest absolute Gasteiger partial charge is 0.225 e. The molecule has 7 heteroatoms. The summed E-state index contributed by atoms with van der Waals surface area (Å²) in [6, 6.07) is 5.86. The molecular formula is C17H21FN4O2. The van der Waals surface area contributed by atoms with Gasteiger partial charge in [0.05, 0.1) is 19.3 Å². The fourth-order valence-electron chi connectivity index (χ4n) is 2.52. The maximum absolute atomic E-state index is 12.9. The van der Waals surface area contributed by atoms with Crippen LogP contribution in [0.2, 0.25) is 0 Å². The summed E-state index contributed by atoms with van der Waals surface area (Å²) in [5.41, 5.74) is 1.63. The van der Waals surface area contributed by atoms with Gasteiger partial charge in [0.15, 0.2) is 0 Å². The summed E-state index contributed by atoms with van der Waals surface area (Å²) in [5, 5.41) is 13.2. The molecule has 1 fully saturated rings. The van der Waals surface area contributed by atoms with Crippen molar-refractivity contribution >= 4 is 5.95 Å². The third-order valence-corrected chi connectivity index (χ3v) is 3.91. The van der Waals surface area contributed by atoms with Crippen LogP contribution in [-0.4, -0.2) is 47.9 Å². The monoisotopic (exact) mass is 332 g/mol. The zero-order chi connectivity index (χ0) is 16.8. The van der Waals surface area contributed by atoms with Crippen LogP contribution >= 0.6 is 0 Å². The van der Waals surface area contributed by atoms with Crippen LogP contribution in [-0.2, 0) is 11.3 Å². The second-order valence-corrected chi connectivity index (χ2v) is 5.69. The molecule has 0 saturated carbocycles. The van der Waals surface area contributed by atoms with E-state index in [0.717, 1.165) is 18.7 Å². The average Bonchev–Trinajstić information content (AvgIpc) is 2.63. The Kier molecular flexibility index (Phi) is 5.68. The average molecular weight is 332 g/mol. The molecule has 1 saturated heterocycles. The second kappa shape index (κ2) is 8.14. The second-order valence-electron chi connectivity index (χ2n) is 5.69. The number of hydrogen-bond donors (Lipinski definition) is 2. The maximum Gasteiger partial charge on any atom is 0.225 e. The molecule has 1 aromatic carbocycles. The van der Waals surface area contributed by atoms with E-state index in [9.17, 15) is 9.50 Å². The minimum atomic E-state index is -0.681. The van der Waals surface area contributed by atoms with Gasteiger partial charge >= 0.3 is 0 Å². The minimum Gasteiger partial charge on any atom is -0.387 e. The molecule has 3 rings (SSSR count). The Balaban J connectivity index is 1.47. The molecule has 1 unspecified atom stereocenters. The summed E-state index contributed by atoms with van der Waals surface area (Å²) in [6.07, 6.45) is 2.89. The first kappa shape index (κ1) is 16.8. The van der Waals surface area contributed by atoms with E-state index >= 15 is 0 Å². The van der Waals surface area contributed by atoms with Crippen molar-refractivity contribution in [1.29, 1.82) is 0 Å². The van der Waals surface area contributed by atoms with Gasteiger partial charge in [-0.2, -0.15) is 0 Å². The zero-order valence-electron chi connectivity index (χ0n) is 13.4. The van der Waals surface area contributed by atoms with Crippen molar-refractivity contribution in [2.45, 2.75) is 12.6 Å². The Labute approximate surface area is 140 Å². The van der Waals surface area contributed by atoms with Crippen molar-refractivity contribution in [3.05, 3.63) is 53.6 Å². The van der Waals surface area contributed by atoms with Crippen LogP contribution in [0.1, 0.15) is 17.2 Å². The van der Waals surface area contributed by atoms with Crippen LogP contribution in [0.4, 0.5) is 10.3 Å². The van der Waals surface area contributed by atoms with Crippen molar-refractivity contribution in [1.82, 2.24) is 15.3 Å². The number of halogens is 1. The van der Waals surface area contributed by atoms with Crippen molar-refractivity contribution in [3.63, 3.8) is 0 Å². The lowest BCUT2D eigenvalue weighted by Gasteiger charge is -2.26. The van der Waals surface area contributed by atoms with E-state index in [1.165, 1.54) is 12.1 Å². The molecule has 0 amide bonds. The van der Waals surface area contributed by atoms with E-state index < -0.39 is 6.10 Å². The summed E-state index contributed by atoms with van der Waals surface area (Å²) in [7, 11) is 0. The van der Waals surface area contributed by atoms with E-state index in [4.69, 9.17) is 4.74 Å². The highest BCUT2D eigenvalue weighted by Crippen LogP contribution is 2.13. The first-order chi connectivity index (χ1) is 11.7. The summed E-state index contributed by atoms with van der Waals surface area (Å²) in [4.78, 5) is 10.9. The van der Waals surface area contributed by atoms with Crippen LogP contribution in [0, 0.1) is 5.82 Å². The molecule has 1 aliphatic heterocycles. The summed E-state index contributed by atoms with van der Waals surface area (Å²) >= 11 is 0. The number of ether oxygens (including phenoxy) is 1. The van der Waals surface area contributed by atoms with Gasteiger partial charge in [0.2, 0.25) is 5.95 Å². The molecule has 1 atom stereocenters. The predicted molar refractivity (Wildman–Crippen MR) is 88.1 cm³/mol. The topological polar surface area (TPSA) is 70.5 Å². The van der Waals surface area contributed by atoms with Gasteiger partial charge in [0.1, 0.15) is 5.82 Å². The number of nitrogens with zero attached hydrogens (tertiary/aromatic N) is 3. The van der Waals surface area contributed by atoms with Crippen molar-refractivity contribution in [2.24, 2.45) is 0 Å². The molecule has 0 aliphatic carbocycles. The van der Waals surface area contributed by atoms with Crippen LogP contribution in [0.25, 0.3) is 0 Å². The molecule has 128 valence electrons. The molecule has 1 aromatic heterocycles. The third kappa shape index (κ3) is 4.47. The molecule has 0 spiro atoms. The third-order valence-electron chi connectivity index (χ3n) is 3.91. The Morgan fingerprint density at radius 1 is 1.17 bits per heavy atom. The Morgan fingerprint density at radius 3 is 2.50 bits per heavy atom. The Hall–Kier alpha value is -2.09. The van der Waals surface area contributed by atoms with Crippen molar-refractivity contribution < 1.29 is 14.2 Å². The standard InChI is InChI=1S/C17H21FN4O2/c18-15-3-1-14(2-4-15)16(23)12-19-9-13-10-20-17(21-11-13)22-5-7-24-8-6-22/h1-4,10-11,16,19,23H,5-9,12H2. The first-order valence-corrected chi connectivity index (χ1v) is 8.00. The fraction of sp³-hybridized carbons (Fsp3) is 0.412. The highest BCUT2D eigenvalue weighted by molar-refractivity contribution is 5.30. The van der Waals surface area contributed by atoms with Gasteiger partial charge in [-0.1, -0.05) is 12.1 Å². The summed E-state index contributed by atoms with van der Waals surface area (Å²) < 4.78 is 18.2. The number of aliphatic hydroxyl groups excluding tert-OH is 1. The highest BCUT2D eigenvalue weighted by Gasteiger charge is 2.13. The van der Waals surface area contributed by atoms with Crippen LogP contribution < -0.4 is 10.2 Å². The van der Waals surface area contributed by atoms with Gasteiger partial charge in [0.25, 0.3) is 0 Å². The molecular weight excluding hydrogens is 311 g/mol. The van der Waals surface area contributed by atoms with Gasteiger partial charge in [0, 0.05) is 44.1 Å². The van der Waals surface area contributed by atoms with E-state index in [2.05, 4.69) is 20.2 Å². The van der Waals surface area contributed by atoms with E-state index in [-0.39, 0.29) is 5.82 Å². The number of aliphatic hydroxyl groups is 1. The number of aromatic nitrogens is 2. The number of anilines is 1. The van der Waals surface area contributed by atoms with Crippen LogP contribution in [0.15, 0.2) is 36.7 Å². The van der Waals surface area contributed by atoms with Gasteiger partial charge in [-0.05, 0) is 17.7 Å². The lowest BCUT2D eigenvalue weighted by Crippen LogP contribution is -2.37. The van der Waals surface area contributed by atoms with E-state index in [1.807, 2.05) is 0 Å². The number of benzene rings is 1. The first-order valence-electron chi connectivity index (χ1n) is 8.00. The quantitative estimate of drug-likeness (QED) is 0.830. The van der Waals surface area contributed by atoms with Gasteiger partial charge in [-0.15, -0.1) is 0 Å². The highest BCUT2D eigenvalue weighted by atomic mass is 19.1. The molecule has 2 N–H and O–H groups in total. The minimum absolute atomic E-state index is 0.309. The maximum atomic E-state index is 12.9. The lowest BCUT2D eigenvalue weighted by molar-refractivity contribution is 0.122. The van der Waals surface area contributed by atoms with Gasteiger partial charge in [-0.3, -0.25) is 0 Å². The number of hydrogen-bond acceptors (Lipinski definition) is 6. The largest absolute Gasteiger partial charge is 0.387 e. The number of rotatable bonds is 6. The predicted octanol–water partition coefficient (Wildman–Crippen LogP) is 1.28. The molecule has 1 aliphatic rings. The molecule has 2 heterocycles. The summed E-state index contributed by atoms with van der Waals surface area (Å²) in [6.45, 7) is 3.95. The van der Waals surface area contributed by atoms with E-state index in [1.54, 1.807) is 24.5 Å². The fourth-order valence-corrected chi connectivity index (χ4v) is 2.52. The van der Waals surface area contributed by atoms with Crippen LogP contribution in [0.3, 0.4) is 0 Å². The van der Waals surface area contributed by atoms with Crippen molar-refractivity contribution in [2.75, 3.05) is 37.7 Å². The number of nitrogens with one attached hydrogen (secondary N) is 1. The lowest BCUT2D eigenvalue weighted by atomic mass is 10.1. The number of morpholine rings is 1. The SMILES string of the molecule is OC(CNCc1cnc(N2CCOCC2)nc1)c1ccc(F)cc1. The molecule has 0 bridgehead atoms. The van der Waals surface area contributed by atoms with Gasteiger partial charge < -0.3 is 20.1 Å². The van der Waals surface area contributed by atoms with Crippen LogP contribution in [0.5, 0.6) is 0 Å². The Morgan fingerprint density at radius 2 is 1.83 bits per heavy atom.